The van der Waals surface area contributed by atoms with E-state index in [-0.39, 0.29) is 0 Å². The zero-order valence-corrected chi connectivity index (χ0v) is 14.0. The maximum Gasteiger partial charge on any atom is -0.0181 e. The summed E-state index contributed by atoms with van der Waals surface area (Å²) in [5.41, 5.74) is 9.56. The van der Waals surface area contributed by atoms with Crippen LogP contribution in [0.25, 0.3) is 16.7 Å². The van der Waals surface area contributed by atoms with Gasteiger partial charge >= 0.3 is 0 Å². The highest BCUT2D eigenvalue weighted by Crippen LogP contribution is 2.25. The Morgan fingerprint density at radius 3 is 1.95 bits per heavy atom. The van der Waals surface area contributed by atoms with Crippen LogP contribution in [0, 0.1) is 13.8 Å². The van der Waals surface area contributed by atoms with Crippen LogP contribution in [0.15, 0.2) is 72.8 Å². The minimum atomic E-state index is 1.02. The molecule has 0 bridgehead atoms. The second kappa shape index (κ2) is 6.62. The van der Waals surface area contributed by atoms with Crippen molar-refractivity contribution in [1.29, 1.82) is 0 Å². The maximum absolute atomic E-state index is 4.16. The van der Waals surface area contributed by atoms with Crippen molar-refractivity contribution < 1.29 is 0 Å². The van der Waals surface area contributed by atoms with Crippen molar-refractivity contribution in [3.05, 3.63) is 89.5 Å². The second-order valence-electron chi connectivity index (χ2n) is 6.01. The molecule has 0 aromatic heterocycles. The molecule has 0 fully saturated rings. The Morgan fingerprint density at radius 2 is 1.41 bits per heavy atom. The summed E-state index contributed by atoms with van der Waals surface area (Å²) in [4.78, 5) is 0. The third-order valence-corrected chi connectivity index (χ3v) is 4.16. The first-order valence-electron chi connectivity index (χ1n) is 7.59. The van der Waals surface area contributed by atoms with Gasteiger partial charge in [-0.15, -0.1) is 0 Å². The summed E-state index contributed by atoms with van der Waals surface area (Å²) in [5, 5.41) is 0. The van der Waals surface area contributed by atoms with Crippen LogP contribution in [-0.4, -0.2) is 0 Å². The van der Waals surface area contributed by atoms with Crippen LogP contribution in [0.5, 0.6) is 0 Å². The van der Waals surface area contributed by atoms with Crippen molar-refractivity contribution in [2.45, 2.75) is 27.7 Å². The van der Waals surface area contributed by atoms with E-state index in [0.29, 0.717) is 0 Å². The summed E-state index contributed by atoms with van der Waals surface area (Å²) >= 11 is 0. The Morgan fingerprint density at radius 1 is 0.818 bits per heavy atom. The van der Waals surface area contributed by atoms with Crippen LogP contribution in [0.1, 0.15) is 30.5 Å². The number of rotatable bonds is 4. The van der Waals surface area contributed by atoms with E-state index in [9.17, 15) is 0 Å². The molecule has 0 nitrogen and oxygen atoms in total. The van der Waals surface area contributed by atoms with Gasteiger partial charge < -0.3 is 0 Å². The van der Waals surface area contributed by atoms with Crippen LogP contribution >= 0.6 is 0 Å². The molecule has 0 heterocycles. The van der Waals surface area contributed by atoms with Crippen LogP contribution in [-0.2, 0) is 0 Å². The molecule has 0 N–H and O–H groups in total. The van der Waals surface area contributed by atoms with E-state index in [0.717, 1.165) is 16.7 Å². The van der Waals surface area contributed by atoms with Gasteiger partial charge in [-0.25, -0.2) is 0 Å². The molecule has 0 atom stereocenters. The molecule has 0 radical (unpaired) electrons. The molecule has 22 heavy (non-hydrogen) atoms. The Labute approximate surface area is 134 Å². The van der Waals surface area contributed by atoms with Crippen molar-refractivity contribution in [3.63, 3.8) is 0 Å². The van der Waals surface area contributed by atoms with Gasteiger partial charge in [-0.2, -0.15) is 0 Å². The van der Waals surface area contributed by atoms with Gasteiger partial charge in [0.05, 0.1) is 0 Å². The molecule has 2 aromatic rings. The van der Waals surface area contributed by atoms with E-state index in [1.165, 1.54) is 27.8 Å². The molecule has 0 amide bonds. The Kier molecular flexibility index (Phi) is 4.82. The zero-order valence-electron chi connectivity index (χ0n) is 14.0. The fourth-order valence-corrected chi connectivity index (χ4v) is 2.27. The third kappa shape index (κ3) is 3.65. The molecule has 0 heteroatoms. The molecule has 112 valence electrons. The molecule has 2 rings (SSSR count). The highest BCUT2D eigenvalue weighted by atomic mass is 14.1. The highest BCUT2D eigenvalue weighted by Gasteiger charge is 2.02. The molecule has 2 aromatic carbocycles. The highest BCUT2D eigenvalue weighted by molar-refractivity contribution is 5.76. The van der Waals surface area contributed by atoms with Crippen LogP contribution < -0.4 is 0 Å². The summed E-state index contributed by atoms with van der Waals surface area (Å²) < 4.78 is 0. The summed E-state index contributed by atoms with van der Waals surface area (Å²) in [6.45, 7) is 16.5. The summed E-state index contributed by atoms with van der Waals surface area (Å²) in [6.07, 6.45) is 2.09. The number of benzene rings is 2. The average Bonchev–Trinajstić information content (AvgIpc) is 2.50. The number of aryl methyl sites for hydroxylation is 2. The van der Waals surface area contributed by atoms with Crippen LogP contribution in [0.2, 0.25) is 0 Å². The van der Waals surface area contributed by atoms with E-state index in [1.807, 2.05) is 6.92 Å². The number of allylic oxidation sites excluding steroid dienone is 4. The number of hydrogen-bond donors (Lipinski definition) is 0. The molecular weight excluding hydrogens is 264 g/mol. The molecule has 0 aliphatic carbocycles. The average molecular weight is 288 g/mol. The van der Waals surface area contributed by atoms with Crippen molar-refractivity contribution in [2.24, 2.45) is 0 Å². The minimum absolute atomic E-state index is 1.02. The largest absolute Gasteiger partial charge is 0.0958 e. The monoisotopic (exact) mass is 288 g/mol. The van der Waals surface area contributed by atoms with Crippen LogP contribution in [0.4, 0.5) is 0 Å². The smallest absolute Gasteiger partial charge is 0.0181 e. The molecule has 0 saturated carbocycles. The van der Waals surface area contributed by atoms with Crippen molar-refractivity contribution in [1.82, 2.24) is 0 Å². The van der Waals surface area contributed by atoms with Crippen molar-refractivity contribution >= 4 is 5.57 Å². The molecule has 0 saturated heterocycles. The van der Waals surface area contributed by atoms with Gasteiger partial charge in [0.15, 0.2) is 0 Å². The number of hydrogen-bond acceptors (Lipinski definition) is 0. The van der Waals surface area contributed by atoms with Gasteiger partial charge in [-0.1, -0.05) is 67.3 Å². The molecule has 0 unspecified atom stereocenters. The van der Waals surface area contributed by atoms with Gasteiger partial charge in [0, 0.05) is 0 Å². The lowest BCUT2D eigenvalue weighted by atomic mass is 9.97. The zero-order chi connectivity index (χ0) is 16.3. The summed E-state index contributed by atoms with van der Waals surface area (Å²) in [5.74, 6) is 0. The van der Waals surface area contributed by atoms with Crippen LogP contribution in [0.3, 0.4) is 0 Å². The Hall–Kier alpha value is -2.34. The fourth-order valence-electron chi connectivity index (χ4n) is 2.27. The first-order chi connectivity index (χ1) is 10.4. The lowest BCUT2D eigenvalue weighted by Gasteiger charge is -2.08. The van der Waals surface area contributed by atoms with Gasteiger partial charge in [-0.05, 0) is 66.7 Å². The van der Waals surface area contributed by atoms with E-state index in [4.69, 9.17) is 0 Å². The molecular formula is C22H24. The van der Waals surface area contributed by atoms with E-state index >= 15 is 0 Å². The predicted molar refractivity (Wildman–Crippen MR) is 99.0 cm³/mol. The minimum Gasteiger partial charge on any atom is -0.0958 e. The maximum atomic E-state index is 4.16. The summed E-state index contributed by atoms with van der Waals surface area (Å²) in [7, 11) is 0. The van der Waals surface area contributed by atoms with Gasteiger partial charge in [-0.3, -0.25) is 0 Å². The topological polar surface area (TPSA) is 0 Å². The van der Waals surface area contributed by atoms with Crippen molar-refractivity contribution in [3.8, 4) is 11.1 Å². The normalized spacial score (nSPS) is 11.4. The SMILES string of the molecule is C=C(C)/C(C)=C\C(=C)c1ccc(-c2ccc(C)c(C)c2)cc1. The molecule has 0 aliphatic rings. The van der Waals surface area contributed by atoms with Crippen molar-refractivity contribution in [2.75, 3.05) is 0 Å². The lowest BCUT2D eigenvalue weighted by Crippen LogP contribution is -1.86. The standard InChI is InChI=1S/C22H24/c1-15(2)17(4)13-19(6)20-9-11-21(12-10-20)22-8-7-16(3)18(5)14-22/h7-14H,1,6H2,2-5H3/b17-13-. The van der Waals surface area contributed by atoms with Gasteiger partial charge in [0.25, 0.3) is 0 Å². The molecule has 0 spiro atoms. The summed E-state index contributed by atoms with van der Waals surface area (Å²) in [6, 6.07) is 15.2. The Balaban J connectivity index is 2.27. The van der Waals surface area contributed by atoms with Gasteiger partial charge in [0.1, 0.15) is 0 Å². The van der Waals surface area contributed by atoms with E-state index in [2.05, 4.69) is 82.5 Å². The Bertz CT molecular complexity index is 740. The lowest BCUT2D eigenvalue weighted by molar-refractivity contribution is 1.34. The van der Waals surface area contributed by atoms with E-state index < -0.39 is 0 Å². The first-order valence-corrected chi connectivity index (χ1v) is 7.59. The quantitative estimate of drug-likeness (QED) is 0.563. The predicted octanol–water partition coefficient (Wildman–Crippen LogP) is 6.51. The fraction of sp³-hybridized carbons (Fsp3) is 0.182. The first kappa shape index (κ1) is 16.0. The second-order valence-corrected chi connectivity index (χ2v) is 6.01. The third-order valence-electron chi connectivity index (χ3n) is 4.16. The van der Waals surface area contributed by atoms with E-state index in [1.54, 1.807) is 0 Å². The molecule has 0 aliphatic heterocycles. The van der Waals surface area contributed by atoms with Gasteiger partial charge in [0.2, 0.25) is 0 Å².